The molecule has 0 aliphatic heterocycles. The van der Waals surface area contributed by atoms with Gasteiger partial charge in [0.25, 0.3) is 0 Å². The van der Waals surface area contributed by atoms with Crippen LogP contribution in [0.5, 0.6) is 0 Å². The summed E-state index contributed by atoms with van der Waals surface area (Å²) >= 11 is 0. The topological polar surface area (TPSA) is 76.6 Å². The molecular weight excluding hydrogens is 647 g/mol. The predicted molar refractivity (Wildman–Crippen MR) is 213 cm³/mol. The van der Waals surface area contributed by atoms with E-state index < -0.39 is 0 Å². The lowest BCUT2D eigenvalue weighted by Crippen LogP contribution is -2.12. The van der Waals surface area contributed by atoms with Crippen LogP contribution in [0.1, 0.15) is 11.1 Å². The highest BCUT2D eigenvalue weighted by molar-refractivity contribution is 5.91. The van der Waals surface area contributed by atoms with Gasteiger partial charge in [0.15, 0.2) is 0 Å². The van der Waals surface area contributed by atoms with Crippen LogP contribution in [0.3, 0.4) is 0 Å². The van der Waals surface area contributed by atoms with Gasteiger partial charge in [0.05, 0.1) is 40.3 Å². The Morgan fingerprint density at radius 2 is 0.811 bits per heavy atom. The van der Waals surface area contributed by atoms with Crippen LogP contribution < -0.4 is 4.90 Å². The molecule has 0 bridgehead atoms. The number of nitriles is 2. The summed E-state index contributed by atoms with van der Waals surface area (Å²) < 4.78 is 0. The van der Waals surface area contributed by atoms with Crippen molar-refractivity contribution in [2.24, 2.45) is 0 Å². The first kappa shape index (κ1) is 32.6. The van der Waals surface area contributed by atoms with Crippen molar-refractivity contribution in [3.8, 4) is 68.0 Å². The Morgan fingerprint density at radius 1 is 0.377 bits per heavy atom. The van der Waals surface area contributed by atoms with Crippen molar-refractivity contribution in [1.29, 1.82) is 10.5 Å². The van der Waals surface area contributed by atoms with Gasteiger partial charge < -0.3 is 4.90 Å². The molecule has 0 amide bonds. The lowest BCUT2D eigenvalue weighted by Gasteiger charge is -2.29. The van der Waals surface area contributed by atoms with Crippen LogP contribution in [-0.2, 0) is 0 Å². The average molecular weight is 678 g/mol. The van der Waals surface area contributed by atoms with Crippen molar-refractivity contribution in [1.82, 2.24) is 9.97 Å². The molecule has 8 aromatic rings. The molecule has 0 aliphatic carbocycles. The third-order valence-corrected chi connectivity index (χ3v) is 9.17. The second-order valence-corrected chi connectivity index (χ2v) is 12.6. The summed E-state index contributed by atoms with van der Waals surface area (Å²) in [6.07, 6.45) is 3.61. The summed E-state index contributed by atoms with van der Waals surface area (Å²) in [5, 5.41) is 20.8. The third kappa shape index (κ3) is 6.92. The Balaban J connectivity index is 1.34. The number of anilines is 3. The van der Waals surface area contributed by atoms with E-state index >= 15 is 0 Å². The zero-order valence-corrected chi connectivity index (χ0v) is 28.6. The minimum atomic E-state index is 0.487. The quantitative estimate of drug-likeness (QED) is 0.160. The molecule has 0 unspecified atom stereocenters. The van der Waals surface area contributed by atoms with Crippen LogP contribution >= 0.6 is 0 Å². The van der Waals surface area contributed by atoms with E-state index in [9.17, 15) is 10.5 Å². The molecule has 2 aromatic heterocycles. The van der Waals surface area contributed by atoms with Gasteiger partial charge in [-0.15, -0.1) is 0 Å². The average Bonchev–Trinajstić information content (AvgIpc) is 3.24. The first-order valence-corrected chi connectivity index (χ1v) is 17.3. The fourth-order valence-electron chi connectivity index (χ4n) is 6.66. The molecule has 0 radical (unpaired) electrons. The van der Waals surface area contributed by atoms with Crippen molar-refractivity contribution in [3.63, 3.8) is 0 Å². The van der Waals surface area contributed by atoms with Gasteiger partial charge in [0, 0.05) is 40.5 Å². The molecular formula is C48H31N5. The molecule has 0 aliphatic rings. The lowest BCUT2D eigenvalue weighted by molar-refractivity contribution is 1.26. The van der Waals surface area contributed by atoms with Crippen LogP contribution in [0, 0.1) is 22.7 Å². The van der Waals surface area contributed by atoms with Crippen molar-refractivity contribution in [3.05, 3.63) is 199 Å². The summed E-state index contributed by atoms with van der Waals surface area (Å²) in [7, 11) is 0. The highest BCUT2D eigenvalue weighted by atomic mass is 15.1. The molecule has 0 fully saturated rings. The van der Waals surface area contributed by atoms with Crippen molar-refractivity contribution in [2.45, 2.75) is 0 Å². The second kappa shape index (κ2) is 14.7. The van der Waals surface area contributed by atoms with E-state index in [4.69, 9.17) is 9.97 Å². The fourth-order valence-corrected chi connectivity index (χ4v) is 6.66. The normalized spacial score (nSPS) is 10.6. The smallest absolute Gasteiger partial charge is 0.0992 e. The summed E-state index contributed by atoms with van der Waals surface area (Å²) in [6.45, 7) is 0. The summed E-state index contributed by atoms with van der Waals surface area (Å²) in [4.78, 5) is 11.6. The van der Waals surface area contributed by atoms with Crippen LogP contribution in [0.15, 0.2) is 188 Å². The van der Waals surface area contributed by atoms with Gasteiger partial charge in [-0.05, 0) is 94.5 Å². The Bertz CT molecular complexity index is 2490. The third-order valence-electron chi connectivity index (χ3n) is 9.17. The standard InChI is InChI=1S/C48H31N5/c49-32-34-24-41(46-30-39(20-22-51-46)36-12-4-1-5-13-36)28-43(26-34)53(48-19-11-10-18-45(48)38-16-8-3-9-17-38)44-27-35(33-50)25-42(29-44)47-31-40(21-23-52-47)37-14-6-2-7-15-37/h1-31H. The molecule has 2 heterocycles. The number of aromatic nitrogens is 2. The highest BCUT2D eigenvalue weighted by Crippen LogP contribution is 2.43. The Hall–Kier alpha value is -7.60. The number of pyridine rings is 2. The van der Waals surface area contributed by atoms with Crippen LogP contribution in [0.4, 0.5) is 17.1 Å². The summed E-state index contributed by atoms with van der Waals surface area (Å²) in [5.41, 5.74) is 12.7. The van der Waals surface area contributed by atoms with Crippen molar-refractivity contribution in [2.75, 3.05) is 4.90 Å². The zero-order chi connectivity index (χ0) is 36.0. The van der Waals surface area contributed by atoms with Gasteiger partial charge in [-0.3, -0.25) is 9.97 Å². The number of rotatable bonds is 8. The van der Waals surface area contributed by atoms with E-state index in [0.29, 0.717) is 11.1 Å². The molecule has 5 nitrogen and oxygen atoms in total. The minimum Gasteiger partial charge on any atom is -0.310 e. The first-order valence-electron chi connectivity index (χ1n) is 17.3. The maximum Gasteiger partial charge on any atom is 0.0992 e. The van der Waals surface area contributed by atoms with Gasteiger partial charge in [-0.2, -0.15) is 10.5 Å². The van der Waals surface area contributed by atoms with Crippen LogP contribution in [-0.4, -0.2) is 9.97 Å². The molecule has 53 heavy (non-hydrogen) atoms. The van der Waals surface area contributed by atoms with E-state index in [0.717, 1.165) is 73.0 Å². The zero-order valence-electron chi connectivity index (χ0n) is 28.6. The van der Waals surface area contributed by atoms with Gasteiger partial charge >= 0.3 is 0 Å². The van der Waals surface area contributed by atoms with Gasteiger partial charge in [-0.25, -0.2) is 0 Å². The SMILES string of the molecule is N#Cc1cc(-c2cc(-c3ccccc3)ccn2)cc(N(c2cc(C#N)cc(-c3cc(-c4ccccc4)ccn3)c2)c2ccccc2-c2ccccc2)c1. The van der Waals surface area contributed by atoms with Crippen molar-refractivity contribution < 1.29 is 0 Å². The highest BCUT2D eigenvalue weighted by Gasteiger charge is 2.21. The van der Waals surface area contributed by atoms with Gasteiger partial charge in [0.1, 0.15) is 0 Å². The van der Waals surface area contributed by atoms with Crippen LogP contribution in [0.25, 0.3) is 55.9 Å². The molecule has 0 saturated heterocycles. The van der Waals surface area contributed by atoms with E-state index in [-0.39, 0.29) is 0 Å². The fraction of sp³-hybridized carbons (Fsp3) is 0. The van der Waals surface area contributed by atoms with E-state index in [1.54, 1.807) is 12.4 Å². The lowest BCUT2D eigenvalue weighted by atomic mass is 9.98. The molecule has 5 heteroatoms. The number of benzene rings is 6. The van der Waals surface area contributed by atoms with E-state index in [2.05, 4.69) is 89.8 Å². The maximum atomic E-state index is 10.4. The molecule has 248 valence electrons. The Kier molecular flexibility index (Phi) is 9.05. The second-order valence-electron chi connectivity index (χ2n) is 12.6. The van der Waals surface area contributed by atoms with Crippen LogP contribution in [0.2, 0.25) is 0 Å². The molecule has 6 aromatic carbocycles. The summed E-state index contributed by atoms with van der Waals surface area (Å²) in [5.74, 6) is 0. The maximum absolute atomic E-state index is 10.4. The molecule has 8 rings (SSSR count). The van der Waals surface area contributed by atoms with E-state index in [1.165, 1.54) is 0 Å². The van der Waals surface area contributed by atoms with Gasteiger partial charge in [0.2, 0.25) is 0 Å². The number of nitrogens with zero attached hydrogens (tertiary/aromatic N) is 5. The molecule has 0 N–H and O–H groups in total. The largest absolute Gasteiger partial charge is 0.310 e. The number of hydrogen-bond donors (Lipinski definition) is 0. The summed E-state index contributed by atoms with van der Waals surface area (Å²) in [6, 6.07) is 63.3. The Morgan fingerprint density at radius 3 is 1.28 bits per heavy atom. The first-order chi connectivity index (χ1) is 26.2. The number of hydrogen-bond acceptors (Lipinski definition) is 5. The van der Waals surface area contributed by atoms with E-state index in [1.807, 2.05) is 103 Å². The molecule has 0 atom stereocenters. The molecule has 0 spiro atoms. The Labute approximate surface area is 309 Å². The molecule has 0 saturated carbocycles. The van der Waals surface area contributed by atoms with Crippen molar-refractivity contribution >= 4 is 17.1 Å². The number of para-hydroxylation sites is 1. The minimum absolute atomic E-state index is 0.487. The predicted octanol–water partition coefficient (Wildman–Crippen LogP) is 12.0. The monoisotopic (exact) mass is 677 g/mol. The van der Waals surface area contributed by atoms with Gasteiger partial charge in [-0.1, -0.05) is 109 Å².